The minimum atomic E-state index is -1.08. The molecule has 3 fully saturated rings. The zero-order chi connectivity index (χ0) is 23.5. The van der Waals surface area contributed by atoms with Gasteiger partial charge in [0, 0.05) is 5.97 Å². The number of furan rings is 1. The first kappa shape index (κ1) is 27.6. The fourth-order valence-electron chi connectivity index (χ4n) is 6.72. The number of aliphatic hydroxyl groups excluding tert-OH is 2. The van der Waals surface area contributed by atoms with Crippen molar-refractivity contribution in [2.24, 2.45) is 28.6 Å². The Morgan fingerprint density at radius 1 is 1.24 bits per heavy atom. The number of aliphatic carboxylic acids is 1. The van der Waals surface area contributed by atoms with Gasteiger partial charge in [0.15, 0.2) is 0 Å². The summed E-state index contributed by atoms with van der Waals surface area (Å²) in [5.41, 5.74) is 1.52. The molecule has 33 heavy (non-hydrogen) atoms. The maximum atomic E-state index is 11.5. The number of hydrogen-bond donors (Lipinski definition) is 4. The van der Waals surface area contributed by atoms with E-state index in [9.17, 15) is 10.2 Å². The second-order valence-corrected chi connectivity index (χ2v) is 10.6. The highest BCUT2D eigenvalue weighted by molar-refractivity contribution is 5.60. The van der Waals surface area contributed by atoms with Gasteiger partial charge < -0.3 is 36.0 Å². The normalized spacial score (nSPS) is 38.0. The fraction of sp³-hybridized carbons (Fsp3) is 0.731. The molecule has 3 aliphatic carbocycles. The van der Waals surface area contributed by atoms with Crippen molar-refractivity contribution < 1.29 is 24.5 Å². The van der Waals surface area contributed by atoms with Gasteiger partial charge in [0.05, 0.1) is 25.0 Å². The highest BCUT2D eigenvalue weighted by atomic mass is 16.4. The number of aliphatic hydroxyl groups is 2. The summed E-state index contributed by atoms with van der Waals surface area (Å²) < 4.78 is 5.44. The molecular weight excluding hydrogens is 420 g/mol. The largest absolute Gasteiger partial charge is 0.550 e. The molecule has 1 aromatic heterocycles. The number of allylic oxidation sites excluding steroid dienone is 1. The summed E-state index contributed by atoms with van der Waals surface area (Å²) in [6.07, 6.45) is 8.23. The molecule has 2 unspecified atom stereocenters. The average molecular weight is 465 g/mol. The van der Waals surface area contributed by atoms with E-state index in [4.69, 9.17) is 14.3 Å². The molecule has 7 N–H and O–H groups in total. The van der Waals surface area contributed by atoms with Crippen molar-refractivity contribution >= 4 is 5.97 Å². The number of carbonyl (C=O) groups is 1. The Morgan fingerprint density at radius 3 is 2.58 bits per heavy atom. The van der Waals surface area contributed by atoms with Crippen molar-refractivity contribution in [2.45, 2.75) is 84.5 Å². The predicted octanol–water partition coefficient (Wildman–Crippen LogP) is 3.41. The van der Waals surface area contributed by atoms with Gasteiger partial charge in [-0.15, -0.1) is 0 Å². The number of quaternary nitrogens is 1. The number of carboxylic acid groups (broad SMARTS) is 1. The minimum absolute atomic E-state index is 0. The first-order valence-corrected chi connectivity index (χ1v) is 12.0. The van der Waals surface area contributed by atoms with Gasteiger partial charge in [-0.25, -0.2) is 0 Å². The van der Waals surface area contributed by atoms with E-state index < -0.39 is 5.97 Å². The number of hydrogen-bond acceptors (Lipinski definition) is 6. The Labute approximate surface area is 198 Å². The lowest BCUT2D eigenvalue weighted by atomic mass is 9.52. The van der Waals surface area contributed by atoms with Crippen LogP contribution in [0.25, 0.3) is 0 Å². The number of carbonyl (C=O) groups excluding carboxylic acids is 1. The van der Waals surface area contributed by atoms with Gasteiger partial charge in [0.25, 0.3) is 0 Å². The molecule has 0 saturated heterocycles. The van der Waals surface area contributed by atoms with Gasteiger partial charge in [-0.2, -0.15) is 0 Å². The van der Waals surface area contributed by atoms with Crippen molar-refractivity contribution in [3.63, 3.8) is 0 Å². The maximum absolute atomic E-state index is 11.5. The average Bonchev–Trinajstić information content (AvgIpc) is 3.33. The molecule has 0 radical (unpaired) electrons. The van der Waals surface area contributed by atoms with Crippen molar-refractivity contribution in [3.05, 3.63) is 36.3 Å². The van der Waals surface area contributed by atoms with Crippen LogP contribution in [0, 0.1) is 28.6 Å². The van der Waals surface area contributed by atoms with Gasteiger partial charge in [0.2, 0.25) is 0 Å². The lowest BCUT2D eigenvalue weighted by Crippen LogP contribution is -2.54. The number of fused-ring (bicyclic) bond motifs is 1. The van der Waals surface area contributed by atoms with E-state index in [0.717, 1.165) is 64.2 Å². The first-order chi connectivity index (χ1) is 15.1. The smallest absolute Gasteiger partial charge is 0.117 e. The van der Waals surface area contributed by atoms with E-state index in [0.29, 0.717) is 24.3 Å². The van der Waals surface area contributed by atoms with Crippen LogP contribution < -0.4 is 16.6 Å². The molecule has 7 atom stereocenters. The van der Waals surface area contributed by atoms with Crippen LogP contribution in [0.15, 0.2) is 35.0 Å². The molecule has 3 saturated carbocycles. The lowest BCUT2D eigenvalue weighted by molar-refractivity contribution is -0.302. The van der Waals surface area contributed by atoms with Gasteiger partial charge >= 0.3 is 0 Å². The van der Waals surface area contributed by atoms with Crippen molar-refractivity contribution in [1.82, 2.24) is 11.5 Å². The molecule has 0 aliphatic heterocycles. The molecule has 7 heteroatoms. The van der Waals surface area contributed by atoms with Crippen molar-refractivity contribution in [1.29, 1.82) is 0 Å². The summed E-state index contributed by atoms with van der Waals surface area (Å²) in [6, 6.07) is 3.90. The lowest BCUT2D eigenvalue weighted by Gasteiger charge is -2.55. The number of carboxylic acids is 1. The third-order valence-electron chi connectivity index (χ3n) is 8.80. The maximum Gasteiger partial charge on any atom is 0.117 e. The summed E-state index contributed by atoms with van der Waals surface area (Å²) >= 11 is 0. The Bertz CT molecular complexity index is 778. The van der Waals surface area contributed by atoms with Crippen molar-refractivity contribution in [2.75, 3.05) is 6.54 Å². The Kier molecular flexibility index (Phi) is 9.33. The zero-order valence-corrected chi connectivity index (χ0v) is 20.8. The van der Waals surface area contributed by atoms with Gasteiger partial charge in [0.1, 0.15) is 5.76 Å². The van der Waals surface area contributed by atoms with E-state index in [1.807, 2.05) is 12.1 Å². The van der Waals surface area contributed by atoms with Crippen LogP contribution in [0.1, 0.15) is 71.5 Å². The molecule has 1 aromatic rings. The third-order valence-corrected chi connectivity index (χ3v) is 8.80. The molecule has 0 aromatic carbocycles. The standard InChI is InChI=1S/C24H37NO3.C2H4O2.H3N/c1-16-6-7-20-22(27)21(9-11-23(16,20)2)24(3)10-8-18(26)13-17(24)14-25-15-19-5-4-12-28-19;1-2(3)4;/h4-5,12,17-18,20-22,25-27H,1,6-11,13-15H2,2-3H3;1H3,(H,3,4);1H3/t17-,18+,20?,21?,22-,23+,24+;;/m1../s1. The van der Waals surface area contributed by atoms with Crippen LogP contribution in [0.4, 0.5) is 0 Å². The molecule has 0 spiro atoms. The van der Waals surface area contributed by atoms with E-state index in [1.165, 1.54) is 5.57 Å². The van der Waals surface area contributed by atoms with Crippen molar-refractivity contribution in [3.8, 4) is 0 Å². The summed E-state index contributed by atoms with van der Waals surface area (Å²) in [5.74, 6) is 0.870. The molecule has 0 bridgehead atoms. The minimum Gasteiger partial charge on any atom is -0.550 e. The Morgan fingerprint density at radius 2 is 1.94 bits per heavy atom. The third kappa shape index (κ3) is 5.88. The number of nitrogens with one attached hydrogen (secondary N) is 1. The van der Waals surface area contributed by atoms with Crippen LogP contribution in [-0.4, -0.2) is 34.9 Å². The van der Waals surface area contributed by atoms with Crippen LogP contribution >= 0.6 is 0 Å². The van der Waals surface area contributed by atoms with E-state index >= 15 is 0 Å². The SMILES string of the molecule is C=C1CCC2[C@@H](O)C([C@@]3(C)CC[C@H](O)C[C@@H]3CNCc3ccco3)CC[C@@]12C.CC(=O)[O-].[NH4+]. The Balaban J connectivity index is 0.000000714. The molecule has 7 nitrogen and oxygen atoms in total. The summed E-state index contributed by atoms with van der Waals surface area (Å²) in [5, 5.41) is 34.3. The second kappa shape index (κ2) is 11.2. The number of rotatable bonds is 5. The molecule has 4 rings (SSSR count). The highest BCUT2D eigenvalue weighted by Crippen LogP contribution is 2.61. The van der Waals surface area contributed by atoms with Crippen LogP contribution in [0.3, 0.4) is 0 Å². The Hall–Kier alpha value is -1.67. The second-order valence-electron chi connectivity index (χ2n) is 10.6. The van der Waals surface area contributed by atoms with E-state index in [1.54, 1.807) is 6.26 Å². The first-order valence-electron chi connectivity index (χ1n) is 12.0. The fourth-order valence-corrected chi connectivity index (χ4v) is 6.72. The molecule has 3 aliphatic rings. The quantitative estimate of drug-likeness (QED) is 0.492. The van der Waals surface area contributed by atoms with Crippen LogP contribution in [-0.2, 0) is 11.3 Å². The van der Waals surface area contributed by atoms with Crippen LogP contribution in [0.2, 0.25) is 0 Å². The molecule has 188 valence electrons. The molecular formula is C26H44N2O5. The highest BCUT2D eigenvalue weighted by Gasteiger charge is 2.56. The predicted molar refractivity (Wildman–Crippen MR) is 127 cm³/mol. The topological polar surface area (TPSA) is 142 Å². The monoisotopic (exact) mass is 464 g/mol. The summed E-state index contributed by atoms with van der Waals surface area (Å²) in [6.45, 7) is 11.6. The molecule has 0 amide bonds. The van der Waals surface area contributed by atoms with E-state index in [2.05, 4.69) is 25.7 Å². The summed E-state index contributed by atoms with van der Waals surface area (Å²) in [7, 11) is 0. The van der Waals surface area contributed by atoms with E-state index in [-0.39, 0.29) is 29.2 Å². The van der Waals surface area contributed by atoms with Crippen LogP contribution in [0.5, 0.6) is 0 Å². The summed E-state index contributed by atoms with van der Waals surface area (Å²) in [4.78, 5) is 8.89. The van der Waals surface area contributed by atoms with Gasteiger partial charge in [-0.3, -0.25) is 0 Å². The van der Waals surface area contributed by atoms with Gasteiger partial charge in [-0.1, -0.05) is 26.0 Å². The molecule has 1 heterocycles. The van der Waals surface area contributed by atoms with Gasteiger partial charge in [-0.05, 0) is 99.1 Å². The zero-order valence-electron chi connectivity index (χ0n) is 20.8.